The van der Waals surface area contributed by atoms with Crippen molar-refractivity contribution in [2.75, 3.05) is 5.32 Å². The molecule has 0 unspecified atom stereocenters. The molecule has 17 heavy (non-hydrogen) atoms. The SMILES string of the molecule is CCC1(C(=O)Nc2cccc(Br)n2)CCCC1. The van der Waals surface area contributed by atoms with Gasteiger partial charge in [0.25, 0.3) is 0 Å². The lowest BCUT2D eigenvalue weighted by Crippen LogP contribution is -2.33. The van der Waals surface area contributed by atoms with E-state index in [2.05, 4.69) is 33.2 Å². The average Bonchev–Trinajstić information content (AvgIpc) is 2.78. The summed E-state index contributed by atoms with van der Waals surface area (Å²) >= 11 is 3.30. The fraction of sp³-hybridized carbons (Fsp3) is 0.538. The predicted octanol–water partition coefficient (Wildman–Crippen LogP) is 3.75. The maximum absolute atomic E-state index is 12.3. The molecule has 3 nitrogen and oxygen atoms in total. The number of rotatable bonds is 3. The quantitative estimate of drug-likeness (QED) is 0.863. The summed E-state index contributed by atoms with van der Waals surface area (Å²) in [7, 11) is 0. The Bertz CT molecular complexity index is 414. The minimum Gasteiger partial charge on any atom is -0.310 e. The molecule has 1 aliphatic carbocycles. The zero-order valence-corrected chi connectivity index (χ0v) is 11.6. The first-order chi connectivity index (χ1) is 8.16. The van der Waals surface area contributed by atoms with Crippen molar-refractivity contribution in [3.63, 3.8) is 0 Å². The standard InChI is InChI=1S/C13H17BrN2O/c1-2-13(8-3-4-9-13)12(17)16-11-7-5-6-10(14)15-11/h5-7H,2-4,8-9H2,1H3,(H,15,16,17). The van der Waals surface area contributed by atoms with E-state index < -0.39 is 0 Å². The van der Waals surface area contributed by atoms with Gasteiger partial charge >= 0.3 is 0 Å². The summed E-state index contributed by atoms with van der Waals surface area (Å²) < 4.78 is 0.743. The van der Waals surface area contributed by atoms with Crippen LogP contribution in [0.1, 0.15) is 39.0 Å². The summed E-state index contributed by atoms with van der Waals surface area (Å²) in [6, 6.07) is 5.54. The van der Waals surface area contributed by atoms with Crippen molar-refractivity contribution in [2.45, 2.75) is 39.0 Å². The monoisotopic (exact) mass is 296 g/mol. The van der Waals surface area contributed by atoms with Crippen LogP contribution in [0.15, 0.2) is 22.8 Å². The van der Waals surface area contributed by atoms with Gasteiger partial charge in [-0.25, -0.2) is 4.98 Å². The molecule has 1 amide bonds. The van der Waals surface area contributed by atoms with Crippen LogP contribution < -0.4 is 5.32 Å². The van der Waals surface area contributed by atoms with Crippen LogP contribution in [-0.4, -0.2) is 10.9 Å². The Balaban J connectivity index is 2.10. The molecule has 1 heterocycles. The molecule has 1 aromatic heterocycles. The van der Waals surface area contributed by atoms with Crippen LogP contribution in [0.3, 0.4) is 0 Å². The van der Waals surface area contributed by atoms with E-state index in [1.165, 1.54) is 0 Å². The summed E-state index contributed by atoms with van der Waals surface area (Å²) in [4.78, 5) is 16.5. The lowest BCUT2D eigenvalue weighted by Gasteiger charge is -2.25. The number of halogens is 1. The second-order valence-corrected chi connectivity index (χ2v) is 5.45. The minimum absolute atomic E-state index is 0.128. The van der Waals surface area contributed by atoms with E-state index in [0.717, 1.165) is 36.7 Å². The fourth-order valence-electron chi connectivity index (χ4n) is 2.52. The largest absolute Gasteiger partial charge is 0.310 e. The van der Waals surface area contributed by atoms with Crippen LogP contribution in [0.25, 0.3) is 0 Å². The zero-order valence-electron chi connectivity index (χ0n) is 10.0. The van der Waals surface area contributed by atoms with Gasteiger partial charge < -0.3 is 5.32 Å². The highest BCUT2D eigenvalue weighted by atomic mass is 79.9. The van der Waals surface area contributed by atoms with Crippen molar-refractivity contribution in [3.05, 3.63) is 22.8 Å². The molecule has 0 spiro atoms. The molecule has 0 radical (unpaired) electrons. The molecule has 1 aliphatic rings. The normalized spacial score (nSPS) is 18.0. The van der Waals surface area contributed by atoms with Gasteiger partial charge in [-0.05, 0) is 47.3 Å². The lowest BCUT2D eigenvalue weighted by molar-refractivity contribution is -0.125. The summed E-state index contributed by atoms with van der Waals surface area (Å²) in [6.45, 7) is 2.10. The molecule has 1 N–H and O–H groups in total. The zero-order chi connectivity index (χ0) is 12.3. The first kappa shape index (κ1) is 12.6. The highest BCUT2D eigenvalue weighted by Gasteiger charge is 2.39. The number of aromatic nitrogens is 1. The summed E-state index contributed by atoms with van der Waals surface area (Å²) in [5.41, 5.74) is -0.163. The number of nitrogens with one attached hydrogen (secondary N) is 1. The third-order valence-corrected chi connectivity index (χ3v) is 4.12. The Hall–Kier alpha value is -0.900. The number of carbonyl (C=O) groups is 1. The van der Waals surface area contributed by atoms with Crippen LogP contribution in [-0.2, 0) is 4.79 Å². The second kappa shape index (κ2) is 5.17. The number of carbonyl (C=O) groups excluding carboxylic acids is 1. The Morgan fingerprint density at radius 1 is 1.47 bits per heavy atom. The molecule has 1 fully saturated rings. The van der Waals surface area contributed by atoms with Gasteiger partial charge in [-0.1, -0.05) is 25.8 Å². The van der Waals surface area contributed by atoms with Crippen molar-refractivity contribution >= 4 is 27.7 Å². The average molecular weight is 297 g/mol. The van der Waals surface area contributed by atoms with E-state index in [-0.39, 0.29) is 11.3 Å². The van der Waals surface area contributed by atoms with Gasteiger partial charge in [-0.3, -0.25) is 4.79 Å². The van der Waals surface area contributed by atoms with Crippen molar-refractivity contribution in [1.82, 2.24) is 4.98 Å². The van der Waals surface area contributed by atoms with Crippen molar-refractivity contribution < 1.29 is 4.79 Å². The molecular weight excluding hydrogens is 280 g/mol. The smallest absolute Gasteiger partial charge is 0.231 e. The molecule has 4 heteroatoms. The highest BCUT2D eigenvalue weighted by Crippen LogP contribution is 2.41. The molecule has 0 bridgehead atoms. The van der Waals surface area contributed by atoms with Gasteiger partial charge in [0.05, 0.1) is 0 Å². The van der Waals surface area contributed by atoms with Gasteiger partial charge in [0, 0.05) is 5.41 Å². The Morgan fingerprint density at radius 3 is 2.76 bits per heavy atom. The summed E-state index contributed by atoms with van der Waals surface area (Å²) in [6.07, 6.45) is 5.24. The van der Waals surface area contributed by atoms with Crippen LogP contribution in [0.5, 0.6) is 0 Å². The van der Waals surface area contributed by atoms with Crippen molar-refractivity contribution in [2.24, 2.45) is 5.41 Å². The Morgan fingerprint density at radius 2 is 2.18 bits per heavy atom. The van der Waals surface area contributed by atoms with Crippen molar-refractivity contribution in [3.8, 4) is 0 Å². The molecule has 0 aliphatic heterocycles. The van der Waals surface area contributed by atoms with E-state index in [1.807, 2.05) is 18.2 Å². The second-order valence-electron chi connectivity index (χ2n) is 4.64. The fourth-order valence-corrected chi connectivity index (χ4v) is 2.86. The van der Waals surface area contributed by atoms with Crippen LogP contribution in [0, 0.1) is 5.41 Å². The molecular formula is C13H17BrN2O. The molecule has 1 saturated carbocycles. The predicted molar refractivity (Wildman–Crippen MR) is 71.8 cm³/mol. The number of nitrogens with zero attached hydrogens (tertiary/aromatic N) is 1. The number of hydrogen-bond donors (Lipinski definition) is 1. The van der Waals surface area contributed by atoms with Crippen LogP contribution >= 0.6 is 15.9 Å². The third kappa shape index (κ3) is 2.68. The van der Waals surface area contributed by atoms with E-state index in [1.54, 1.807) is 0 Å². The van der Waals surface area contributed by atoms with Gasteiger partial charge in [0.15, 0.2) is 0 Å². The van der Waals surface area contributed by atoms with Gasteiger partial charge in [-0.2, -0.15) is 0 Å². The maximum Gasteiger partial charge on any atom is 0.231 e. The third-order valence-electron chi connectivity index (χ3n) is 3.68. The van der Waals surface area contributed by atoms with Crippen LogP contribution in [0.2, 0.25) is 0 Å². The van der Waals surface area contributed by atoms with E-state index in [4.69, 9.17) is 0 Å². The molecule has 0 aromatic carbocycles. The summed E-state index contributed by atoms with van der Waals surface area (Å²) in [5, 5.41) is 2.94. The number of anilines is 1. The van der Waals surface area contributed by atoms with E-state index >= 15 is 0 Å². The Kier molecular flexibility index (Phi) is 3.82. The van der Waals surface area contributed by atoms with Crippen LogP contribution in [0.4, 0.5) is 5.82 Å². The Labute approximate surface area is 110 Å². The number of pyridine rings is 1. The number of amides is 1. The molecule has 1 aromatic rings. The first-order valence-corrected chi connectivity index (χ1v) is 6.90. The topological polar surface area (TPSA) is 42.0 Å². The molecule has 92 valence electrons. The van der Waals surface area contributed by atoms with Gasteiger partial charge in [0.2, 0.25) is 5.91 Å². The van der Waals surface area contributed by atoms with Gasteiger partial charge in [-0.15, -0.1) is 0 Å². The van der Waals surface area contributed by atoms with Gasteiger partial charge in [0.1, 0.15) is 10.4 Å². The lowest BCUT2D eigenvalue weighted by atomic mass is 9.82. The van der Waals surface area contributed by atoms with E-state index in [0.29, 0.717) is 5.82 Å². The molecule has 2 rings (SSSR count). The minimum atomic E-state index is -0.163. The molecule has 0 saturated heterocycles. The summed E-state index contributed by atoms with van der Waals surface area (Å²) in [5.74, 6) is 0.757. The highest BCUT2D eigenvalue weighted by molar-refractivity contribution is 9.10. The number of hydrogen-bond acceptors (Lipinski definition) is 2. The van der Waals surface area contributed by atoms with Crippen molar-refractivity contribution in [1.29, 1.82) is 0 Å². The maximum atomic E-state index is 12.3. The van der Waals surface area contributed by atoms with E-state index in [9.17, 15) is 4.79 Å². The first-order valence-electron chi connectivity index (χ1n) is 6.10. The molecule has 0 atom stereocenters.